The summed E-state index contributed by atoms with van der Waals surface area (Å²) in [5.74, 6) is -0.326. The summed E-state index contributed by atoms with van der Waals surface area (Å²) in [5.41, 5.74) is 2.10. The highest BCUT2D eigenvalue weighted by Gasteiger charge is 2.20. The van der Waals surface area contributed by atoms with E-state index in [9.17, 15) is 9.59 Å². The highest BCUT2D eigenvalue weighted by atomic mass is 32.2. The Morgan fingerprint density at radius 1 is 1.29 bits per heavy atom. The van der Waals surface area contributed by atoms with Crippen molar-refractivity contribution >= 4 is 23.8 Å². The summed E-state index contributed by atoms with van der Waals surface area (Å²) in [4.78, 5) is 23.0. The number of carboxylic acids is 1. The third-order valence-electron chi connectivity index (χ3n) is 3.22. The van der Waals surface area contributed by atoms with E-state index in [4.69, 9.17) is 5.11 Å². The van der Waals surface area contributed by atoms with Crippen molar-refractivity contribution in [1.82, 2.24) is 10.6 Å². The van der Waals surface area contributed by atoms with Gasteiger partial charge in [-0.3, -0.25) is 0 Å². The van der Waals surface area contributed by atoms with E-state index in [1.165, 1.54) is 0 Å². The van der Waals surface area contributed by atoms with Crippen molar-refractivity contribution in [2.45, 2.75) is 32.4 Å². The predicted octanol–water partition coefficient (Wildman–Crippen LogP) is 2.56. The molecule has 0 spiro atoms. The lowest BCUT2D eigenvalue weighted by atomic mass is 10.0. The average molecular weight is 310 g/mol. The maximum atomic E-state index is 11.9. The van der Waals surface area contributed by atoms with E-state index in [1.54, 1.807) is 11.8 Å². The second-order valence-electron chi connectivity index (χ2n) is 4.87. The molecule has 5 nitrogen and oxygen atoms in total. The minimum absolute atomic E-state index is 0.179. The minimum atomic E-state index is -1.01. The van der Waals surface area contributed by atoms with E-state index in [2.05, 4.69) is 10.6 Å². The zero-order valence-electron chi connectivity index (χ0n) is 12.6. The molecule has 0 fully saturated rings. The van der Waals surface area contributed by atoms with Crippen LogP contribution >= 0.6 is 11.8 Å². The van der Waals surface area contributed by atoms with Gasteiger partial charge >= 0.3 is 12.0 Å². The number of hydrogen-bond donors (Lipinski definition) is 3. The maximum absolute atomic E-state index is 11.9. The summed E-state index contributed by atoms with van der Waals surface area (Å²) in [6, 6.07) is 6.28. The topological polar surface area (TPSA) is 78.4 Å². The van der Waals surface area contributed by atoms with Crippen LogP contribution in [0, 0.1) is 6.92 Å². The Balaban J connectivity index is 2.59. The normalized spacial score (nSPS) is 13.3. The molecule has 0 aliphatic carbocycles. The number of nitrogens with one attached hydrogen (secondary N) is 2. The molecule has 3 N–H and O–H groups in total. The second kappa shape index (κ2) is 8.56. The monoisotopic (exact) mass is 310 g/mol. The molecule has 0 aromatic heterocycles. The second-order valence-corrected chi connectivity index (χ2v) is 5.85. The third kappa shape index (κ3) is 5.67. The lowest BCUT2D eigenvalue weighted by molar-refractivity contribution is -0.139. The number of aryl methyl sites for hydroxylation is 1. The molecule has 0 aliphatic heterocycles. The van der Waals surface area contributed by atoms with Crippen LogP contribution in [0.5, 0.6) is 0 Å². The van der Waals surface area contributed by atoms with Crippen molar-refractivity contribution in [3.63, 3.8) is 0 Å². The number of aliphatic carboxylic acids is 1. The highest BCUT2D eigenvalue weighted by Crippen LogP contribution is 2.16. The van der Waals surface area contributed by atoms with E-state index in [0.29, 0.717) is 12.2 Å². The van der Waals surface area contributed by atoms with Crippen LogP contribution < -0.4 is 10.6 Å². The molecule has 2 amide bonds. The third-order valence-corrected chi connectivity index (χ3v) is 3.86. The Morgan fingerprint density at radius 3 is 2.52 bits per heavy atom. The van der Waals surface area contributed by atoms with Crippen LogP contribution in [0.4, 0.5) is 4.79 Å². The van der Waals surface area contributed by atoms with Gasteiger partial charge in [-0.1, -0.05) is 24.3 Å². The largest absolute Gasteiger partial charge is 0.480 e. The van der Waals surface area contributed by atoms with E-state index in [0.717, 1.165) is 11.1 Å². The molecule has 2 atom stereocenters. The molecule has 0 bridgehead atoms. The van der Waals surface area contributed by atoms with Gasteiger partial charge in [0.1, 0.15) is 6.04 Å². The average Bonchev–Trinajstić information content (AvgIpc) is 2.43. The predicted molar refractivity (Wildman–Crippen MR) is 85.7 cm³/mol. The highest BCUT2D eigenvalue weighted by molar-refractivity contribution is 7.98. The fraction of sp³-hybridized carbons (Fsp3) is 0.467. The molecular weight excluding hydrogens is 288 g/mol. The van der Waals surface area contributed by atoms with Crippen LogP contribution in [0.25, 0.3) is 0 Å². The van der Waals surface area contributed by atoms with Gasteiger partial charge in [0.2, 0.25) is 0 Å². The van der Waals surface area contributed by atoms with Gasteiger partial charge in [0.05, 0.1) is 6.04 Å². The molecule has 1 rings (SSSR count). The van der Waals surface area contributed by atoms with Gasteiger partial charge in [-0.25, -0.2) is 9.59 Å². The van der Waals surface area contributed by atoms with Gasteiger partial charge in [-0.15, -0.1) is 0 Å². The van der Waals surface area contributed by atoms with Gasteiger partial charge in [-0.05, 0) is 43.4 Å². The van der Waals surface area contributed by atoms with Crippen molar-refractivity contribution < 1.29 is 14.7 Å². The fourth-order valence-corrected chi connectivity index (χ4v) is 2.51. The summed E-state index contributed by atoms with van der Waals surface area (Å²) >= 11 is 1.55. The SMILES string of the molecule is CSCCC(NC(=O)NC(C)c1ccccc1C)C(=O)O. The maximum Gasteiger partial charge on any atom is 0.326 e. The van der Waals surface area contributed by atoms with Gasteiger partial charge in [0.25, 0.3) is 0 Å². The first kappa shape index (κ1) is 17.4. The molecule has 6 heteroatoms. The Hall–Kier alpha value is -1.69. The van der Waals surface area contributed by atoms with Crippen LogP contribution in [0.2, 0.25) is 0 Å². The number of hydrogen-bond acceptors (Lipinski definition) is 3. The van der Waals surface area contributed by atoms with Crippen molar-refractivity contribution in [3.05, 3.63) is 35.4 Å². The van der Waals surface area contributed by atoms with Crippen LogP contribution in [-0.2, 0) is 4.79 Å². The first-order valence-electron chi connectivity index (χ1n) is 6.80. The molecular formula is C15H22N2O3S. The smallest absolute Gasteiger partial charge is 0.326 e. The van der Waals surface area contributed by atoms with E-state index < -0.39 is 18.0 Å². The van der Waals surface area contributed by atoms with Gasteiger partial charge in [0.15, 0.2) is 0 Å². The summed E-state index contributed by atoms with van der Waals surface area (Å²) in [7, 11) is 0. The fourth-order valence-electron chi connectivity index (χ4n) is 2.04. The summed E-state index contributed by atoms with van der Waals surface area (Å²) in [5, 5.41) is 14.4. The van der Waals surface area contributed by atoms with Crippen molar-refractivity contribution in [1.29, 1.82) is 0 Å². The number of carbonyl (C=O) groups is 2. The number of carboxylic acid groups (broad SMARTS) is 1. The van der Waals surface area contributed by atoms with E-state index >= 15 is 0 Å². The van der Waals surface area contributed by atoms with Crippen molar-refractivity contribution in [2.75, 3.05) is 12.0 Å². The summed E-state index contributed by atoms with van der Waals surface area (Å²) < 4.78 is 0. The Bertz CT molecular complexity index is 494. The number of rotatable bonds is 7. The van der Waals surface area contributed by atoms with Gasteiger partial charge in [-0.2, -0.15) is 11.8 Å². The molecule has 0 saturated heterocycles. The van der Waals surface area contributed by atoms with E-state index in [1.807, 2.05) is 44.4 Å². The van der Waals surface area contributed by atoms with Gasteiger partial charge in [0, 0.05) is 0 Å². The molecule has 0 radical (unpaired) electrons. The van der Waals surface area contributed by atoms with Gasteiger partial charge < -0.3 is 15.7 Å². The molecule has 0 aliphatic rings. The number of carbonyl (C=O) groups excluding carboxylic acids is 1. The summed E-state index contributed by atoms with van der Waals surface area (Å²) in [6.45, 7) is 3.85. The molecule has 0 heterocycles. The zero-order chi connectivity index (χ0) is 15.8. The van der Waals surface area contributed by atoms with Crippen LogP contribution in [0.15, 0.2) is 24.3 Å². The Morgan fingerprint density at radius 2 is 1.95 bits per heavy atom. The number of thioether (sulfide) groups is 1. The standard InChI is InChI=1S/C15H22N2O3S/c1-10-6-4-5-7-12(10)11(2)16-15(20)17-13(14(18)19)8-9-21-3/h4-7,11,13H,8-9H2,1-3H3,(H,18,19)(H2,16,17,20). The lowest BCUT2D eigenvalue weighted by Gasteiger charge is -2.19. The number of benzene rings is 1. The Labute approximate surface area is 129 Å². The van der Waals surface area contributed by atoms with Crippen LogP contribution in [0.1, 0.15) is 30.5 Å². The lowest BCUT2D eigenvalue weighted by Crippen LogP contribution is -2.46. The van der Waals surface area contributed by atoms with Crippen LogP contribution in [-0.4, -0.2) is 35.2 Å². The first-order chi connectivity index (χ1) is 9.95. The molecule has 2 unspecified atom stereocenters. The molecule has 21 heavy (non-hydrogen) atoms. The molecule has 0 saturated carbocycles. The quantitative estimate of drug-likeness (QED) is 0.723. The first-order valence-corrected chi connectivity index (χ1v) is 8.19. The van der Waals surface area contributed by atoms with Crippen molar-refractivity contribution in [3.8, 4) is 0 Å². The van der Waals surface area contributed by atoms with Crippen molar-refractivity contribution in [2.24, 2.45) is 0 Å². The number of amides is 2. The number of urea groups is 1. The minimum Gasteiger partial charge on any atom is -0.480 e. The zero-order valence-corrected chi connectivity index (χ0v) is 13.4. The molecule has 1 aromatic rings. The van der Waals surface area contributed by atoms with E-state index in [-0.39, 0.29) is 6.04 Å². The Kier molecular flexibility index (Phi) is 7.08. The molecule has 1 aromatic carbocycles. The summed E-state index contributed by atoms with van der Waals surface area (Å²) in [6.07, 6.45) is 2.31. The molecule has 116 valence electrons. The van der Waals surface area contributed by atoms with Crippen LogP contribution in [0.3, 0.4) is 0 Å².